The molecular weight excluding hydrogens is 339 g/mol. The summed E-state index contributed by atoms with van der Waals surface area (Å²) in [6, 6.07) is 8.26. The Bertz CT molecular complexity index is 947. The predicted octanol–water partition coefficient (Wildman–Crippen LogP) is 4.07. The second kappa shape index (κ2) is 6.04. The molecule has 3 N–H and O–H groups in total. The van der Waals surface area contributed by atoms with Crippen LogP contribution in [0.25, 0.3) is 22.0 Å². The third-order valence-corrected chi connectivity index (χ3v) is 3.62. The van der Waals surface area contributed by atoms with Gasteiger partial charge in [0.25, 0.3) is 0 Å². The van der Waals surface area contributed by atoms with E-state index in [4.69, 9.17) is 5.11 Å². The lowest BCUT2D eigenvalue weighted by Gasteiger charge is -2.11. The minimum atomic E-state index is -4.81. The van der Waals surface area contributed by atoms with Gasteiger partial charge in [-0.3, -0.25) is 4.79 Å². The van der Waals surface area contributed by atoms with Gasteiger partial charge in [0.15, 0.2) is 0 Å². The summed E-state index contributed by atoms with van der Waals surface area (Å²) in [5.74, 6) is -1.54. The van der Waals surface area contributed by atoms with Gasteiger partial charge in [-0.25, -0.2) is 0 Å². The number of carbonyl (C=O) groups is 1. The number of aromatic hydroxyl groups is 1. The van der Waals surface area contributed by atoms with Gasteiger partial charge < -0.3 is 19.9 Å². The van der Waals surface area contributed by atoms with E-state index < -0.39 is 12.3 Å². The lowest BCUT2D eigenvalue weighted by molar-refractivity contribution is -0.274. The number of hydrogen-bond acceptors (Lipinski definition) is 3. The van der Waals surface area contributed by atoms with E-state index in [2.05, 4.69) is 9.72 Å². The number of carboxylic acid groups (broad SMARTS) is 1. The van der Waals surface area contributed by atoms with Crippen LogP contribution in [0.3, 0.4) is 0 Å². The lowest BCUT2D eigenvalue weighted by Crippen LogP contribution is -2.17. The SMILES string of the molecule is O=C(O)Cc1c[nH]c2c(O)ccc(-c3cccc(OC(F)(F)F)c3)c12. The van der Waals surface area contributed by atoms with Crippen LogP contribution < -0.4 is 4.74 Å². The zero-order valence-electron chi connectivity index (χ0n) is 12.6. The number of fused-ring (bicyclic) bond motifs is 1. The molecule has 25 heavy (non-hydrogen) atoms. The van der Waals surface area contributed by atoms with Crippen LogP contribution >= 0.6 is 0 Å². The molecule has 1 aromatic heterocycles. The molecule has 1 heterocycles. The minimum absolute atomic E-state index is 0.0851. The number of alkyl halides is 3. The van der Waals surface area contributed by atoms with Crippen molar-refractivity contribution < 1.29 is 32.9 Å². The van der Waals surface area contributed by atoms with Crippen LogP contribution in [0.15, 0.2) is 42.6 Å². The molecule has 0 bridgehead atoms. The summed E-state index contributed by atoms with van der Waals surface area (Å²) in [5.41, 5.74) is 1.61. The van der Waals surface area contributed by atoms with Crippen LogP contribution in [0.1, 0.15) is 5.56 Å². The highest BCUT2D eigenvalue weighted by Crippen LogP contribution is 2.37. The number of H-pyrrole nitrogens is 1. The summed E-state index contributed by atoms with van der Waals surface area (Å²) in [6.07, 6.45) is -3.65. The highest BCUT2D eigenvalue weighted by atomic mass is 19.4. The minimum Gasteiger partial charge on any atom is -0.506 e. The molecule has 130 valence electrons. The van der Waals surface area contributed by atoms with Gasteiger partial charge in [0.1, 0.15) is 11.5 Å². The zero-order chi connectivity index (χ0) is 18.2. The number of phenols is 1. The number of aromatic nitrogens is 1. The van der Waals surface area contributed by atoms with Gasteiger partial charge in [0.05, 0.1) is 11.9 Å². The molecule has 0 aliphatic rings. The van der Waals surface area contributed by atoms with Gasteiger partial charge >= 0.3 is 12.3 Å². The van der Waals surface area contributed by atoms with Crippen LogP contribution in [0.2, 0.25) is 0 Å². The van der Waals surface area contributed by atoms with Crippen molar-refractivity contribution in [3.63, 3.8) is 0 Å². The van der Waals surface area contributed by atoms with Crippen molar-refractivity contribution in [3.8, 4) is 22.6 Å². The average Bonchev–Trinajstić information content (AvgIpc) is 2.90. The Balaban J connectivity index is 2.15. The molecular formula is C17H12F3NO4. The summed E-state index contributed by atoms with van der Waals surface area (Å²) < 4.78 is 41.2. The molecule has 0 aliphatic carbocycles. The Morgan fingerprint density at radius 2 is 1.96 bits per heavy atom. The predicted molar refractivity (Wildman–Crippen MR) is 83.4 cm³/mol. The van der Waals surface area contributed by atoms with Gasteiger partial charge in [-0.15, -0.1) is 13.2 Å². The molecule has 0 unspecified atom stereocenters. The van der Waals surface area contributed by atoms with Crippen LogP contribution in [0.5, 0.6) is 11.5 Å². The van der Waals surface area contributed by atoms with Crippen LogP contribution in [0, 0.1) is 0 Å². The standard InChI is InChI=1S/C17H12F3NO4/c18-17(19,20)25-11-3-1-2-9(6-11)12-4-5-13(22)16-15(12)10(8-21-16)7-14(23)24/h1-6,8,21-22H,7H2,(H,23,24). The highest BCUT2D eigenvalue weighted by Gasteiger charge is 2.31. The van der Waals surface area contributed by atoms with E-state index in [9.17, 15) is 23.1 Å². The molecule has 0 fully saturated rings. The Morgan fingerprint density at radius 3 is 2.64 bits per heavy atom. The van der Waals surface area contributed by atoms with E-state index in [0.29, 0.717) is 27.6 Å². The summed E-state index contributed by atoms with van der Waals surface area (Å²) in [6.45, 7) is 0. The number of phenolic OH excluding ortho intramolecular Hbond substituents is 1. The number of ether oxygens (including phenoxy) is 1. The number of aliphatic carboxylic acids is 1. The maximum Gasteiger partial charge on any atom is 0.573 e. The van der Waals surface area contributed by atoms with Gasteiger partial charge in [-0.05, 0) is 41.0 Å². The smallest absolute Gasteiger partial charge is 0.506 e. The third-order valence-electron chi connectivity index (χ3n) is 3.62. The summed E-state index contributed by atoms with van der Waals surface area (Å²) in [7, 11) is 0. The monoisotopic (exact) mass is 351 g/mol. The molecule has 3 rings (SSSR count). The van der Waals surface area contributed by atoms with E-state index in [1.807, 2.05) is 0 Å². The number of carboxylic acids is 1. The summed E-state index contributed by atoms with van der Waals surface area (Å²) in [5, 5.41) is 19.4. The molecule has 0 radical (unpaired) electrons. The van der Waals surface area contributed by atoms with Crippen molar-refractivity contribution in [2.45, 2.75) is 12.8 Å². The quantitative estimate of drug-likeness (QED) is 0.662. The molecule has 0 amide bonds. The van der Waals surface area contributed by atoms with Crippen LogP contribution in [-0.2, 0) is 11.2 Å². The Hall–Kier alpha value is -3.16. The number of halogens is 3. The fourth-order valence-electron chi connectivity index (χ4n) is 2.71. The first-order valence-electron chi connectivity index (χ1n) is 7.14. The first-order valence-corrected chi connectivity index (χ1v) is 7.14. The van der Waals surface area contributed by atoms with Gasteiger partial charge in [-0.2, -0.15) is 0 Å². The number of rotatable bonds is 4. The fraction of sp³-hybridized carbons (Fsp3) is 0.118. The number of nitrogens with one attached hydrogen (secondary N) is 1. The topological polar surface area (TPSA) is 82.5 Å². The number of benzene rings is 2. The highest BCUT2D eigenvalue weighted by molar-refractivity contribution is 6.02. The largest absolute Gasteiger partial charge is 0.573 e. The lowest BCUT2D eigenvalue weighted by atomic mass is 9.97. The third kappa shape index (κ3) is 3.52. The Kier molecular flexibility index (Phi) is 4.03. The molecule has 5 nitrogen and oxygen atoms in total. The number of aromatic amines is 1. The molecule has 0 saturated heterocycles. The normalized spacial score (nSPS) is 11.6. The van der Waals surface area contributed by atoms with Crippen molar-refractivity contribution in [2.75, 3.05) is 0 Å². The van der Waals surface area contributed by atoms with Gasteiger partial charge in [0.2, 0.25) is 0 Å². The molecule has 0 atom stereocenters. The van der Waals surface area contributed by atoms with E-state index in [0.717, 1.165) is 0 Å². The first kappa shape index (κ1) is 16.7. The van der Waals surface area contributed by atoms with Crippen LogP contribution in [-0.4, -0.2) is 27.5 Å². The van der Waals surface area contributed by atoms with Crippen molar-refractivity contribution in [1.82, 2.24) is 4.98 Å². The second-order valence-corrected chi connectivity index (χ2v) is 5.34. The molecule has 3 aromatic rings. The zero-order valence-corrected chi connectivity index (χ0v) is 12.6. The Labute approximate surface area is 139 Å². The van der Waals surface area contributed by atoms with Crippen molar-refractivity contribution in [3.05, 3.63) is 48.2 Å². The van der Waals surface area contributed by atoms with E-state index in [1.54, 1.807) is 6.07 Å². The van der Waals surface area contributed by atoms with Crippen molar-refractivity contribution in [1.29, 1.82) is 0 Å². The molecule has 0 spiro atoms. The van der Waals surface area contributed by atoms with Crippen molar-refractivity contribution >= 4 is 16.9 Å². The number of hydrogen-bond donors (Lipinski definition) is 3. The maximum absolute atomic E-state index is 12.4. The first-order chi connectivity index (χ1) is 11.7. The maximum atomic E-state index is 12.4. The van der Waals surface area contributed by atoms with Crippen molar-refractivity contribution in [2.24, 2.45) is 0 Å². The molecule has 2 aromatic carbocycles. The Morgan fingerprint density at radius 1 is 1.20 bits per heavy atom. The molecule has 0 saturated carbocycles. The van der Waals surface area contributed by atoms with Gasteiger partial charge in [0, 0.05) is 11.6 Å². The fourth-order valence-corrected chi connectivity index (χ4v) is 2.71. The second-order valence-electron chi connectivity index (χ2n) is 5.34. The van der Waals surface area contributed by atoms with E-state index in [-0.39, 0.29) is 17.9 Å². The summed E-state index contributed by atoms with van der Waals surface area (Å²) >= 11 is 0. The molecule has 0 aliphatic heterocycles. The van der Waals surface area contributed by atoms with E-state index >= 15 is 0 Å². The van der Waals surface area contributed by atoms with Crippen LogP contribution in [0.4, 0.5) is 13.2 Å². The average molecular weight is 351 g/mol. The van der Waals surface area contributed by atoms with Gasteiger partial charge in [-0.1, -0.05) is 12.1 Å². The molecule has 8 heteroatoms. The van der Waals surface area contributed by atoms with E-state index in [1.165, 1.54) is 36.5 Å². The summed E-state index contributed by atoms with van der Waals surface area (Å²) in [4.78, 5) is 13.8.